The number of ether oxygens (including phenoxy) is 1. The third kappa shape index (κ3) is 4.25. The van der Waals surface area contributed by atoms with Crippen LogP contribution in [-0.2, 0) is 9.53 Å². The largest absolute Gasteiger partial charge is 0.449 e. The third-order valence-corrected chi connectivity index (χ3v) is 2.77. The minimum Gasteiger partial charge on any atom is -0.449 e. The number of rotatable bonds is 4. The molecule has 108 valence electrons. The summed E-state index contributed by atoms with van der Waals surface area (Å²) in [5.41, 5.74) is 0.809. The molecule has 1 amide bonds. The number of hydrogen-bond acceptors (Lipinski definition) is 5. The van der Waals surface area contributed by atoms with Crippen LogP contribution < -0.4 is 5.32 Å². The molecule has 0 aliphatic carbocycles. The molecule has 0 fully saturated rings. The van der Waals surface area contributed by atoms with Crippen LogP contribution in [0.5, 0.6) is 0 Å². The Balaban J connectivity index is 1.96. The number of halogens is 1. The maximum atomic E-state index is 11.9. The first-order valence-electron chi connectivity index (χ1n) is 6.09. The van der Waals surface area contributed by atoms with Crippen molar-refractivity contribution in [2.45, 2.75) is 13.0 Å². The Morgan fingerprint density at radius 1 is 1.24 bits per heavy atom. The van der Waals surface area contributed by atoms with Gasteiger partial charge in [-0.25, -0.2) is 9.78 Å². The number of esters is 1. The fraction of sp³-hybridized carbons (Fsp3) is 0.143. The molecule has 7 heteroatoms. The van der Waals surface area contributed by atoms with Crippen molar-refractivity contribution in [2.75, 3.05) is 5.32 Å². The summed E-state index contributed by atoms with van der Waals surface area (Å²) in [6.07, 6.45) is 3.54. The molecule has 0 saturated carbocycles. The molecule has 0 spiro atoms. The second-order valence-electron chi connectivity index (χ2n) is 4.14. The van der Waals surface area contributed by atoms with Crippen molar-refractivity contribution < 1.29 is 14.3 Å². The molecule has 0 bridgehead atoms. The van der Waals surface area contributed by atoms with E-state index in [1.807, 2.05) is 0 Å². The predicted octanol–water partition coefficient (Wildman–Crippen LogP) is 2.31. The summed E-state index contributed by atoms with van der Waals surface area (Å²) < 4.78 is 5.07. The molecule has 0 radical (unpaired) electrons. The van der Waals surface area contributed by atoms with Gasteiger partial charge < -0.3 is 10.1 Å². The van der Waals surface area contributed by atoms with Crippen LogP contribution in [0.4, 0.5) is 5.69 Å². The van der Waals surface area contributed by atoms with Crippen LogP contribution in [0.3, 0.4) is 0 Å². The lowest BCUT2D eigenvalue weighted by molar-refractivity contribution is -0.123. The van der Waals surface area contributed by atoms with Crippen molar-refractivity contribution >= 4 is 29.2 Å². The normalized spacial score (nSPS) is 11.5. The van der Waals surface area contributed by atoms with Gasteiger partial charge in [-0.15, -0.1) is 0 Å². The fourth-order valence-electron chi connectivity index (χ4n) is 1.49. The van der Waals surface area contributed by atoms with Crippen LogP contribution in [0.25, 0.3) is 0 Å². The lowest BCUT2D eigenvalue weighted by Crippen LogP contribution is -2.30. The van der Waals surface area contributed by atoms with Gasteiger partial charge in [0.15, 0.2) is 6.10 Å². The number of carbonyl (C=O) groups excluding carboxylic acids is 2. The van der Waals surface area contributed by atoms with Crippen molar-refractivity contribution in [1.29, 1.82) is 0 Å². The average Bonchev–Trinajstić information content (AvgIpc) is 2.48. The highest BCUT2D eigenvalue weighted by Gasteiger charge is 2.19. The zero-order valence-electron chi connectivity index (χ0n) is 11.1. The van der Waals surface area contributed by atoms with Crippen molar-refractivity contribution in [2.24, 2.45) is 0 Å². The number of amides is 1. The number of anilines is 1. The summed E-state index contributed by atoms with van der Waals surface area (Å²) in [4.78, 5) is 31.4. The van der Waals surface area contributed by atoms with Gasteiger partial charge >= 0.3 is 5.97 Å². The van der Waals surface area contributed by atoms with E-state index < -0.39 is 18.0 Å². The van der Waals surface area contributed by atoms with Crippen molar-refractivity contribution in [3.05, 3.63) is 53.6 Å². The van der Waals surface area contributed by atoms with E-state index >= 15 is 0 Å². The van der Waals surface area contributed by atoms with E-state index in [1.54, 1.807) is 24.5 Å². The first-order chi connectivity index (χ1) is 10.1. The van der Waals surface area contributed by atoms with E-state index in [0.29, 0.717) is 5.69 Å². The molecule has 6 nitrogen and oxygen atoms in total. The summed E-state index contributed by atoms with van der Waals surface area (Å²) in [6.45, 7) is 1.48. The lowest BCUT2D eigenvalue weighted by atomic mass is 10.2. The van der Waals surface area contributed by atoms with Crippen molar-refractivity contribution in [1.82, 2.24) is 9.97 Å². The van der Waals surface area contributed by atoms with E-state index in [4.69, 9.17) is 16.3 Å². The molecule has 2 heterocycles. The number of carbonyl (C=O) groups is 2. The quantitative estimate of drug-likeness (QED) is 0.692. The minimum absolute atomic E-state index is 0.179. The zero-order chi connectivity index (χ0) is 15.2. The Morgan fingerprint density at radius 2 is 1.95 bits per heavy atom. The summed E-state index contributed by atoms with van der Waals surface area (Å²) in [5.74, 6) is -1.08. The molecule has 2 aromatic heterocycles. The molecule has 1 unspecified atom stereocenters. The Morgan fingerprint density at radius 3 is 2.62 bits per heavy atom. The minimum atomic E-state index is -0.947. The van der Waals surface area contributed by atoms with Gasteiger partial charge in [0.05, 0.1) is 5.56 Å². The Labute approximate surface area is 126 Å². The highest BCUT2D eigenvalue weighted by Crippen LogP contribution is 2.10. The van der Waals surface area contributed by atoms with Gasteiger partial charge in [-0.2, -0.15) is 0 Å². The van der Waals surface area contributed by atoms with Crippen LogP contribution in [-0.4, -0.2) is 27.9 Å². The van der Waals surface area contributed by atoms with Gasteiger partial charge in [-0.3, -0.25) is 9.78 Å². The van der Waals surface area contributed by atoms with Crippen LogP contribution in [0.2, 0.25) is 5.15 Å². The highest BCUT2D eigenvalue weighted by molar-refractivity contribution is 6.29. The molecule has 0 saturated heterocycles. The van der Waals surface area contributed by atoms with Gasteiger partial charge in [0.1, 0.15) is 5.15 Å². The lowest BCUT2D eigenvalue weighted by Gasteiger charge is -2.13. The summed E-state index contributed by atoms with van der Waals surface area (Å²) in [6, 6.07) is 6.10. The van der Waals surface area contributed by atoms with E-state index in [-0.39, 0.29) is 10.7 Å². The second-order valence-corrected chi connectivity index (χ2v) is 4.53. The van der Waals surface area contributed by atoms with E-state index in [0.717, 1.165) is 0 Å². The molecule has 1 atom stereocenters. The Bertz CT molecular complexity index is 649. The third-order valence-electron chi connectivity index (χ3n) is 2.56. The highest BCUT2D eigenvalue weighted by atomic mass is 35.5. The van der Waals surface area contributed by atoms with Gasteiger partial charge in [0.25, 0.3) is 5.91 Å². The number of nitrogens with one attached hydrogen (secondary N) is 1. The second kappa shape index (κ2) is 6.81. The molecule has 2 rings (SSSR count). The first kappa shape index (κ1) is 14.9. The number of pyridine rings is 2. The number of hydrogen-bond donors (Lipinski definition) is 1. The SMILES string of the molecule is CC(OC(=O)c1ccnc(Cl)c1)C(=O)Nc1ccncc1. The van der Waals surface area contributed by atoms with Crippen LogP contribution >= 0.6 is 11.6 Å². The molecular formula is C14H12ClN3O3. The van der Waals surface area contributed by atoms with Gasteiger partial charge in [0, 0.05) is 24.3 Å². The van der Waals surface area contributed by atoms with Crippen molar-refractivity contribution in [3.8, 4) is 0 Å². The van der Waals surface area contributed by atoms with Crippen LogP contribution in [0, 0.1) is 0 Å². The van der Waals surface area contributed by atoms with Crippen molar-refractivity contribution in [3.63, 3.8) is 0 Å². The molecule has 0 aliphatic rings. The molecular weight excluding hydrogens is 294 g/mol. The van der Waals surface area contributed by atoms with E-state index in [2.05, 4.69) is 15.3 Å². The Hall–Kier alpha value is -2.47. The molecule has 2 aromatic rings. The topological polar surface area (TPSA) is 81.2 Å². The van der Waals surface area contributed by atoms with Gasteiger partial charge in [0.2, 0.25) is 0 Å². The van der Waals surface area contributed by atoms with Gasteiger partial charge in [-0.1, -0.05) is 11.6 Å². The number of nitrogens with zero attached hydrogens (tertiary/aromatic N) is 2. The van der Waals surface area contributed by atoms with Crippen LogP contribution in [0.1, 0.15) is 17.3 Å². The predicted molar refractivity (Wildman–Crippen MR) is 77.0 cm³/mol. The molecule has 21 heavy (non-hydrogen) atoms. The standard InChI is InChI=1S/C14H12ClN3O3/c1-9(13(19)18-11-3-5-16-6-4-11)21-14(20)10-2-7-17-12(15)8-10/h2-9H,1H3,(H,16,18,19). The smallest absolute Gasteiger partial charge is 0.339 e. The average molecular weight is 306 g/mol. The molecule has 1 N–H and O–H groups in total. The number of aromatic nitrogens is 2. The summed E-state index contributed by atoms with van der Waals surface area (Å²) in [5, 5.41) is 2.79. The van der Waals surface area contributed by atoms with E-state index in [9.17, 15) is 9.59 Å². The van der Waals surface area contributed by atoms with Gasteiger partial charge in [-0.05, 0) is 31.2 Å². The summed E-state index contributed by atoms with van der Waals surface area (Å²) >= 11 is 5.69. The summed E-state index contributed by atoms with van der Waals surface area (Å²) in [7, 11) is 0. The molecule has 0 aromatic carbocycles. The monoisotopic (exact) mass is 305 g/mol. The fourth-order valence-corrected chi connectivity index (χ4v) is 1.66. The first-order valence-corrected chi connectivity index (χ1v) is 6.47. The Kier molecular flexibility index (Phi) is 4.84. The van der Waals surface area contributed by atoms with Crippen LogP contribution in [0.15, 0.2) is 42.9 Å². The zero-order valence-corrected chi connectivity index (χ0v) is 11.9. The molecule has 0 aliphatic heterocycles. The maximum absolute atomic E-state index is 11.9. The maximum Gasteiger partial charge on any atom is 0.339 e. The van der Waals surface area contributed by atoms with E-state index in [1.165, 1.54) is 25.3 Å².